The molecule has 2 saturated heterocycles. The van der Waals surface area contributed by atoms with Gasteiger partial charge in [0.25, 0.3) is 6.43 Å². The monoisotopic (exact) mass is 553 g/mol. The normalized spacial score (nSPS) is 27.7. The van der Waals surface area contributed by atoms with E-state index < -0.39 is 36.0 Å². The van der Waals surface area contributed by atoms with Crippen LogP contribution in [0.15, 0.2) is 48.5 Å². The molecule has 39 heavy (non-hydrogen) atoms. The zero-order chi connectivity index (χ0) is 27.7. The van der Waals surface area contributed by atoms with Crippen molar-refractivity contribution in [2.75, 3.05) is 18.5 Å². The van der Waals surface area contributed by atoms with Crippen LogP contribution in [0.1, 0.15) is 62.5 Å². The Kier molecular flexibility index (Phi) is 7.74. The van der Waals surface area contributed by atoms with Gasteiger partial charge in [-0.3, -0.25) is 5.32 Å². The molecule has 2 aromatic carbocycles. The molecule has 2 aliphatic heterocycles. The van der Waals surface area contributed by atoms with E-state index in [0.29, 0.717) is 18.7 Å². The van der Waals surface area contributed by atoms with Crippen molar-refractivity contribution in [2.24, 2.45) is 5.92 Å². The molecule has 1 saturated carbocycles. The van der Waals surface area contributed by atoms with Gasteiger partial charge in [0.15, 0.2) is 11.3 Å². The van der Waals surface area contributed by atoms with Gasteiger partial charge in [-0.05, 0) is 50.4 Å². The molecule has 2 aromatic rings. The molecule has 3 fully saturated rings. The fraction of sp³-hybridized carbons (Fsp3) is 0.536. The van der Waals surface area contributed by atoms with Gasteiger partial charge in [-0.25, -0.2) is 13.6 Å². The second-order valence-electron chi connectivity index (χ2n) is 10.4. The molecule has 0 aromatic heterocycles. The highest BCUT2D eigenvalue weighted by molar-refractivity contribution is 5.89. The molecular weight excluding hydrogens is 521 g/mol. The molecule has 2 heterocycles. The predicted octanol–water partition coefficient (Wildman–Crippen LogP) is 6.64. The van der Waals surface area contributed by atoms with Gasteiger partial charge < -0.3 is 20.1 Å². The van der Waals surface area contributed by atoms with E-state index in [-0.39, 0.29) is 35.8 Å². The summed E-state index contributed by atoms with van der Waals surface area (Å²) in [5.41, 5.74) is -3.46. The van der Waals surface area contributed by atoms with E-state index in [1.807, 2.05) is 0 Å². The van der Waals surface area contributed by atoms with Crippen LogP contribution in [0.2, 0.25) is 0 Å². The van der Waals surface area contributed by atoms with Crippen LogP contribution in [-0.4, -0.2) is 37.1 Å². The number of para-hydroxylation sites is 1. The minimum atomic E-state index is -4.62. The number of urea groups is 1. The Morgan fingerprint density at radius 1 is 1.03 bits per heavy atom. The summed E-state index contributed by atoms with van der Waals surface area (Å²) in [6.07, 6.45) is -2.68. The lowest BCUT2D eigenvalue weighted by molar-refractivity contribution is -0.334. The van der Waals surface area contributed by atoms with Gasteiger partial charge in [0.1, 0.15) is 5.75 Å². The fourth-order valence-corrected chi connectivity index (χ4v) is 6.08. The Balaban J connectivity index is 1.43. The number of benzene rings is 2. The summed E-state index contributed by atoms with van der Waals surface area (Å²) in [6.45, 7) is 0.580. The van der Waals surface area contributed by atoms with Crippen LogP contribution in [-0.2, 0) is 10.3 Å². The number of piperidine rings is 1. The first kappa shape index (κ1) is 27.6. The van der Waals surface area contributed by atoms with E-state index in [0.717, 1.165) is 32.1 Å². The Labute approximate surface area is 223 Å². The molecule has 11 heteroatoms. The number of amides is 2. The van der Waals surface area contributed by atoms with Crippen LogP contribution in [0.5, 0.6) is 5.75 Å². The minimum absolute atomic E-state index is 0.00249. The number of nitrogens with one attached hydrogen (secondary N) is 3. The molecule has 0 bridgehead atoms. The summed E-state index contributed by atoms with van der Waals surface area (Å²) < 4.78 is 80.2. The fourth-order valence-electron chi connectivity index (χ4n) is 6.08. The summed E-state index contributed by atoms with van der Waals surface area (Å²) in [5.74, 6) is 0.0243. The summed E-state index contributed by atoms with van der Waals surface area (Å²) in [6, 6.07) is 10.2. The van der Waals surface area contributed by atoms with Crippen molar-refractivity contribution in [1.29, 1.82) is 0 Å². The summed E-state index contributed by atoms with van der Waals surface area (Å²) in [5, 5.41) is 9.09. The van der Waals surface area contributed by atoms with Gasteiger partial charge in [-0.15, -0.1) is 0 Å². The lowest BCUT2D eigenvalue weighted by Crippen LogP contribution is -2.70. The lowest BCUT2D eigenvalue weighted by atomic mass is 9.81. The Morgan fingerprint density at radius 3 is 2.33 bits per heavy atom. The van der Waals surface area contributed by atoms with Crippen molar-refractivity contribution >= 4 is 11.7 Å². The largest absolute Gasteiger partial charge is 0.470 e. The molecule has 3 atom stereocenters. The quantitative estimate of drug-likeness (QED) is 0.336. The minimum Gasteiger partial charge on any atom is -0.470 e. The van der Waals surface area contributed by atoms with E-state index >= 15 is 0 Å². The highest BCUT2D eigenvalue weighted by atomic mass is 19.4. The Morgan fingerprint density at radius 2 is 1.72 bits per heavy atom. The molecule has 3 unspecified atom stereocenters. The average Bonchev–Trinajstić information content (AvgIpc) is 3.41. The predicted molar refractivity (Wildman–Crippen MR) is 135 cm³/mol. The van der Waals surface area contributed by atoms with Crippen molar-refractivity contribution in [3.05, 3.63) is 59.7 Å². The molecule has 212 valence electrons. The Hall–Kier alpha value is -2.92. The maximum Gasteiger partial charge on any atom is 0.421 e. The average molecular weight is 554 g/mol. The molecule has 1 aliphatic carbocycles. The molecule has 0 radical (unpaired) electrons. The number of alkyl halides is 5. The maximum absolute atomic E-state index is 14.2. The molecule has 6 nitrogen and oxygen atoms in total. The van der Waals surface area contributed by atoms with Gasteiger partial charge in [-0.1, -0.05) is 43.2 Å². The number of anilines is 1. The van der Waals surface area contributed by atoms with Crippen molar-refractivity contribution in [2.45, 2.75) is 74.9 Å². The molecule has 3 aliphatic rings. The second-order valence-corrected chi connectivity index (χ2v) is 10.4. The topological polar surface area (TPSA) is 71.6 Å². The van der Waals surface area contributed by atoms with Gasteiger partial charge >= 0.3 is 12.2 Å². The van der Waals surface area contributed by atoms with E-state index in [1.54, 1.807) is 6.07 Å². The number of halogens is 5. The van der Waals surface area contributed by atoms with Crippen molar-refractivity contribution in [3.8, 4) is 5.75 Å². The molecule has 0 spiro atoms. The first-order valence-corrected chi connectivity index (χ1v) is 13.3. The van der Waals surface area contributed by atoms with Crippen LogP contribution in [0.25, 0.3) is 0 Å². The smallest absolute Gasteiger partial charge is 0.421 e. The number of carbonyl (C=O) groups excluding carboxylic acids is 1. The number of hydrogen-bond donors (Lipinski definition) is 3. The highest BCUT2D eigenvalue weighted by Crippen LogP contribution is 2.53. The molecule has 2 amide bonds. The van der Waals surface area contributed by atoms with Crippen LogP contribution in [0.3, 0.4) is 0 Å². The van der Waals surface area contributed by atoms with Crippen LogP contribution < -0.4 is 20.7 Å². The van der Waals surface area contributed by atoms with Gasteiger partial charge in [0, 0.05) is 29.2 Å². The van der Waals surface area contributed by atoms with Crippen molar-refractivity contribution in [1.82, 2.24) is 10.6 Å². The van der Waals surface area contributed by atoms with E-state index in [9.17, 15) is 26.7 Å². The number of hydrogen-bond acceptors (Lipinski definition) is 4. The Bertz CT molecular complexity index is 1150. The number of ether oxygens (including phenoxy) is 2. The van der Waals surface area contributed by atoms with Gasteiger partial charge in [-0.2, -0.15) is 13.2 Å². The van der Waals surface area contributed by atoms with Crippen LogP contribution >= 0.6 is 0 Å². The summed E-state index contributed by atoms with van der Waals surface area (Å²) in [4.78, 5) is 13.0. The third-order valence-electron chi connectivity index (χ3n) is 8.14. The van der Waals surface area contributed by atoms with Gasteiger partial charge in [0.05, 0.1) is 12.6 Å². The molecule has 3 N–H and O–H groups in total. The third kappa shape index (κ3) is 5.30. The number of carbonyl (C=O) groups is 1. The molecular formula is C28H32F5N3O3. The van der Waals surface area contributed by atoms with Crippen molar-refractivity contribution < 1.29 is 36.2 Å². The highest BCUT2D eigenvalue weighted by Gasteiger charge is 2.63. The van der Waals surface area contributed by atoms with Crippen LogP contribution in [0.4, 0.5) is 32.4 Å². The van der Waals surface area contributed by atoms with Gasteiger partial charge in [0.2, 0.25) is 0 Å². The first-order chi connectivity index (χ1) is 18.6. The third-order valence-corrected chi connectivity index (χ3v) is 8.14. The number of rotatable bonds is 7. The van der Waals surface area contributed by atoms with Crippen LogP contribution in [0, 0.1) is 5.92 Å². The lowest BCUT2D eigenvalue weighted by Gasteiger charge is -2.50. The summed E-state index contributed by atoms with van der Waals surface area (Å²) in [7, 11) is 0. The van der Waals surface area contributed by atoms with E-state index in [1.165, 1.54) is 42.5 Å². The van der Waals surface area contributed by atoms with E-state index in [4.69, 9.17) is 9.47 Å². The first-order valence-electron chi connectivity index (χ1n) is 13.3. The second kappa shape index (κ2) is 10.9. The van der Waals surface area contributed by atoms with E-state index in [2.05, 4.69) is 16.0 Å². The standard InChI is InChI=1S/C28H32F5N3O3/c29-24(30)18-11-13-20(14-12-18)35-25(37)36-23-10-5-16-34-27(23,19-6-1-2-7-19)39-22-9-4-3-8-21(22)26(15-17-38-26)28(31,32)33/h3-4,8-9,11-14,19,23-24,34H,1-2,5-7,10,15-17H2,(H2,35,36,37). The zero-order valence-corrected chi connectivity index (χ0v) is 21.3. The molecule has 5 rings (SSSR count). The maximum atomic E-state index is 14.2. The van der Waals surface area contributed by atoms with Crippen molar-refractivity contribution in [3.63, 3.8) is 0 Å². The summed E-state index contributed by atoms with van der Waals surface area (Å²) >= 11 is 0. The zero-order valence-electron chi connectivity index (χ0n) is 21.3. The SMILES string of the molecule is O=C(Nc1ccc(C(F)F)cc1)NC1CCCNC1(Oc1ccccc1C1(C(F)(F)F)CCO1)C1CCCC1.